The van der Waals surface area contributed by atoms with E-state index in [0.717, 1.165) is 6.07 Å². The van der Waals surface area contributed by atoms with E-state index in [2.05, 4.69) is 4.18 Å². The van der Waals surface area contributed by atoms with E-state index >= 15 is 0 Å². The smallest absolute Gasteiger partial charge is 0.446 e. The molecule has 1 heterocycles. The molecule has 0 unspecified atom stereocenters. The lowest BCUT2D eigenvalue weighted by Crippen LogP contribution is -2.30. The fourth-order valence-electron chi connectivity index (χ4n) is 2.81. The second-order valence-electron chi connectivity index (χ2n) is 5.67. The lowest BCUT2D eigenvalue weighted by molar-refractivity contribution is 0.0199. The molecule has 2 aromatic carbocycles. The van der Waals surface area contributed by atoms with Crippen LogP contribution in [0, 0.1) is 0 Å². The van der Waals surface area contributed by atoms with Gasteiger partial charge in [-0.2, -0.15) is 8.42 Å². The molecule has 140 valence electrons. The molecule has 1 aliphatic heterocycles. The first-order chi connectivity index (χ1) is 12.2. The SMILES string of the molecule is COc1ccc([C@H]2Oc3cc(O)cc(OS(=O)(=O)O)c3C[C@H]2O)cc1O. The van der Waals surface area contributed by atoms with Crippen molar-refractivity contribution >= 4 is 10.4 Å². The van der Waals surface area contributed by atoms with E-state index in [1.165, 1.54) is 25.3 Å². The molecule has 2 atom stereocenters. The van der Waals surface area contributed by atoms with E-state index in [9.17, 15) is 23.7 Å². The highest BCUT2D eigenvalue weighted by atomic mass is 32.3. The van der Waals surface area contributed by atoms with Gasteiger partial charge in [0.2, 0.25) is 0 Å². The molecule has 1 aliphatic rings. The summed E-state index contributed by atoms with van der Waals surface area (Å²) in [7, 11) is -3.42. The summed E-state index contributed by atoms with van der Waals surface area (Å²) in [5.74, 6) is -0.513. The van der Waals surface area contributed by atoms with Gasteiger partial charge in [0, 0.05) is 24.1 Å². The normalized spacial score (nSPS) is 19.3. The fraction of sp³-hybridized carbons (Fsp3) is 0.250. The van der Waals surface area contributed by atoms with Crippen molar-refractivity contribution in [3.05, 3.63) is 41.5 Å². The number of aromatic hydroxyl groups is 2. The van der Waals surface area contributed by atoms with Gasteiger partial charge in [-0.05, 0) is 17.7 Å². The summed E-state index contributed by atoms with van der Waals surface area (Å²) in [5.41, 5.74) is 0.615. The third-order valence-corrected chi connectivity index (χ3v) is 4.29. The summed E-state index contributed by atoms with van der Waals surface area (Å²) in [6, 6.07) is 6.69. The van der Waals surface area contributed by atoms with Crippen LogP contribution in [0.15, 0.2) is 30.3 Å². The number of fused-ring (bicyclic) bond motifs is 1. The van der Waals surface area contributed by atoms with Crippen LogP contribution in [-0.2, 0) is 16.8 Å². The van der Waals surface area contributed by atoms with Crippen molar-refractivity contribution in [2.75, 3.05) is 7.11 Å². The van der Waals surface area contributed by atoms with Crippen LogP contribution in [0.2, 0.25) is 0 Å². The van der Waals surface area contributed by atoms with Crippen molar-refractivity contribution in [3.63, 3.8) is 0 Å². The van der Waals surface area contributed by atoms with E-state index < -0.39 is 22.6 Å². The number of methoxy groups -OCH3 is 1. The first-order valence-electron chi connectivity index (χ1n) is 7.42. The molecule has 0 spiro atoms. The number of phenols is 2. The van der Waals surface area contributed by atoms with E-state index in [1.54, 1.807) is 6.07 Å². The molecule has 9 nitrogen and oxygen atoms in total. The van der Waals surface area contributed by atoms with E-state index in [0.29, 0.717) is 5.56 Å². The molecule has 0 radical (unpaired) electrons. The summed E-state index contributed by atoms with van der Waals surface area (Å²) in [4.78, 5) is 0. The van der Waals surface area contributed by atoms with Gasteiger partial charge in [0.1, 0.15) is 17.6 Å². The van der Waals surface area contributed by atoms with Crippen molar-refractivity contribution in [3.8, 4) is 28.7 Å². The van der Waals surface area contributed by atoms with Gasteiger partial charge in [-0.25, -0.2) is 0 Å². The first-order valence-corrected chi connectivity index (χ1v) is 8.79. The second-order valence-corrected chi connectivity index (χ2v) is 6.69. The van der Waals surface area contributed by atoms with Crippen LogP contribution < -0.4 is 13.7 Å². The van der Waals surface area contributed by atoms with Crippen molar-refractivity contribution in [1.29, 1.82) is 0 Å². The number of ether oxygens (including phenoxy) is 2. The molecule has 0 aromatic heterocycles. The number of hydrogen-bond acceptors (Lipinski definition) is 8. The fourth-order valence-corrected chi connectivity index (χ4v) is 3.18. The predicted molar refractivity (Wildman–Crippen MR) is 88.0 cm³/mol. The minimum absolute atomic E-state index is 0.0715. The van der Waals surface area contributed by atoms with Crippen molar-refractivity contribution < 1.29 is 41.9 Å². The molecule has 10 heteroatoms. The van der Waals surface area contributed by atoms with Gasteiger partial charge in [0.15, 0.2) is 17.2 Å². The Hall–Kier alpha value is -2.69. The predicted octanol–water partition coefficient (Wildman–Crippen LogP) is 1.33. The number of rotatable bonds is 4. The van der Waals surface area contributed by atoms with Gasteiger partial charge in [-0.1, -0.05) is 6.07 Å². The van der Waals surface area contributed by atoms with E-state index in [-0.39, 0.29) is 40.7 Å². The van der Waals surface area contributed by atoms with Crippen molar-refractivity contribution in [2.45, 2.75) is 18.6 Å². The highest BCUT2D eigenvalue weighted by Crippen LogP contribution is 2.43. The molecule has 0 bridgehead atoms. The Balaban J connectivity index is 1.99. The molecule has 26 heavy (non-hydrogen) atoms. The van der Waals surface area contributed by atoms with Crippen LogP contribution >= 0.6 is 0 Å². The van der Waals surface area contributed by atoms with Gasteiger partial charge in [-0.3, -0.25) is 4.55 Å². The summed E-state index contributed by atoms with van der Waals surface area (Å²) in [6.45, 7) is 0. The topological polar surface area (TPSA) is 143 Å². The van der Waals surface area contributed by atoms with Gasteiger partial charge in [0.25, 0.3) is 0 Å². The maximum absolute atomic E-state index is 11.0. The van der Waals surface area contributed by atoms with Crippen molar-refractivity contribution in [1.82, 2.24) is 0 Å². The second kappa shape index (κ2) is 6.56. The van der Waals surface area contributed by atoms with Crippen molar-refractivity contribution in [2.24, 2.45) is 0 Å². The zero-order valence-corrected chi connectivity index (χ0v) is 14.3. The Morgan fingerprint density at radius 2 is 1.88 bits per heavy atom. The Labute approximate surface area is 149 Å². The number of hydrogen-bond donors (Lipinski definition) is 4. The lowest BCUT2D eigenvalue weighted by Gasteiger charge is -2.31. The first kappa shape index (κ1) is 18.1. The number of aliphatic hydroxyl groups is 1. The monoisotopic (exact) mass is 384 g/mol. The minimum atomic E-state index is -4.82. The molecule has 3 rings (SSSR count). The highest BCUT2D eigenvalue weighted by Gasteiger charge is 2.33. The Bertz CT molecular complexity index is 939. The van der Waals surface area contributed by atoms with E-state index in [4.69, 9.17) is 14.0 Å². The Kier molecular flexibility index (Phi) is 4.57. The Morgan fingerprint density at radius 3 is 2.50 bits per heavy atom. The van der Waals surface area contributed by atoms with Crippen LogP contribution in [0.3, 0.4) is 0 Å². The third-order valence-electron chi connectivity index (χ3n) is 3.90. The molecule has 2 aromatic rings. The van der Waals surface area contributed by atoms with E-state index in [1.807, 2.05) is 0 Å². The van der Waals surface area contributed by atoms with Crippen LogP contribution in [0.4, 0.5) is 0 Å². The average molecular weight is 384 g/mol. The summed E-state index contributed by atoms with van der Waals surface area (Å²) < 4.78 is 45.9. The summed E-state index contributed by atoms with van der Waals surface area (Å²) in [5, 5.41) is 30.1. The molecule has 0 saturated carbocycles. The zero-order chi connectivity index (χ0) is 19.1. The number of benzene rings is 2. The average Bonchev–Trinajstić information content (AvgIpc) is 2.53. The maximum atomic E-state index is 11.0. The zero-order valence-electron chi connectivity index (χ0n) is 13.5. The van der Waals surface area contributed by atoms with Crippen LogP contribution in [0.25, 0.3) is 0 Å². The Morgan fingerprint density at radius 1 is 1.15 bits per heavy atom. The van der Waals surface area contributed by atoms with Crippen LogP contribution in [0.5, 0.6) is 28.7 Å². The largest absolute Gasteiger partial charge is 0.508 e. The van der Waals surface area contributed by atoms with Crippen LogP contribution in [0.1, 0.15) is 17.2 Å². The molecular formula is C16H16O9S. The molecule has 4 N–H and O–H groups in total. The van der Waals surface area contributed by atoms with Crippen LogP contribution in [-0.4, -0.2) is 41.5 Å². The molecule has 0 amide bonds. The highest BCUT2D eigenvalue weighted by molar-refractivity contribution is 7.81. The quantitative estimate of drug-likeness (QED) is 0.574. The third kappa shape index (κ3) is 3.62. The van der Waals surface area contributed by atoms with Gasteiger partial charge < -0.3 is 29.0 Å². The van der Waals surface area contributed by atoms with Gasteiger partial charge in [0.05, 0.1) is 13.2 Å². The standard InChI is InChI=1S/C16H16O9S/c1-23-13-3-2-8(4-11(13)18)16-12(19)7-10-14(24-16)5-9(17)6-15(10)25-26(20,21)22/h2-6,12,16-19H,7H2,1H3,(H,20,21,22)/t12-,16-/m1/s1. The molecule has 0 fully saturated rings. The summed E-state index contributed by atoms with van der Waals surface area (Å²) in [6.07, 6.45) is -2.07. The lowest BCUT2D eigenvalue weighted by atomic mass is 9.94. The molecule has 0 aliphatic carbocycles. The maximum Gasteiger partial charge on any atom is 0.446 e. The molecular weight excluding hydrogens is 368 g/mol. The number of aliphatic hydroxyl groups excluding tert-OH is 1. The summed E-state index contributed by atoms with van der Waals surface area (Å²) >= 11 is 0. The molecule has 0 saturated heterocycles. The van der Waals surface area contributed by atoms with Gasteiger partial charge >= 0.3 is 10.4 Å². The van der Waals surface area contributed by atoms with Gasteiger partial charge in [-0.15, -0.1) is 0 Å². The minimum Gasteiger partial charge on any atom is -0.508 e. The number of phenolic OH excluding ortho intramolecular Hbond substituents is 2.